The molecule has 2 saturated heterocycles. The normalized spacial score (nSPS) is 18.3. The molecule has 210 valence electrons. The number of aryl methyl sites for hydroxylation is 1. The van der Waals surface area contributed by atoms with Gasteiger partial charge in [-0.25, -0.2) is 14.8 Å². The molecule has 0 aliphatic carbocycles. The maximum absolute atomic E-state index is 12.6. The van der Waals surface area contributed by atoms with Crippen LogP contribution >= 0.6 is 0 Å². The largest absolute Gasteiger partial charge is 0.444 e. The standard InChI is InChI=1S/C30H43N7O2/c1-5-6-8-23(18-31)9-7-13-37-25(17-24-20-33-26(19-32)34-27(24)37)21-35-14-10-30(11-15-35)12-16-36(22-30)28(38)39-29(2,3)4/h17,20,23H,5-16,21-22H2,1-4H3. The molecule has 2 aromatic heterocycles. The molecule has 1 spiro atoms. The summed E-state index contributed by atoms with van der Waals surface area (Å²) in [5.74, 6) is 0.270. The molecule has 0 N–H and O–H groups in total. The van der Waals surface area contributed by atoms with Gasteiger partial charge in [0.15, 0.2) is 0 Å². The summed E-state index contributed by atoms with van der Waals surface area (Å²) in [5.41, 5.74) is 1.68. The first kappa shape index (κ1) is 28.8. The van der Waals surface area contributed by atoms with Gasteiger partial charge in [-0.15, -0.1) is 0 Å². The number of nitrogens with zero attached hydrogens (tertiary/aromatic N) is 7. The summed E-state index contributed by atoms with van der Waals surface area (Å²) < 4.78 is 7.84. The minimum atomic E-state index is -0.474. The smallest absolute Gasteiger partial charge is 0.410 e. The summed E-state index contributed by atoms with van der Waals surface area (Å²) in [6.07, 6.45) is 9.61. The maximum Gasteiger partial charge on any atom is 0.410 e. The Kier molecular flexibility index (Phi) is 9.12. The first-order valence-corrected chi connectivity index (χ1v) is 14.5. The lowest BCUT2D eigenvalue weighted by Crippen LogP contribution is -2.42. The average Bonchev–Trinajstić information content (AvgIpc) is 3.47. The molecule has 2 aliphatic rings. The number of carbonyl (C=O) groups is 1. The van der Waals surface area contributed by atoms with Gasteiger partial charge in [0.2, 0.25) is 5.82 Å². The Morgan fingerprint density at radius 2 is 1.87 bits per heavy atom. The zero-order chi connectivity index (χ0) is 28.0. The minimum absolute atomic E-state index is 0.0875. The van der Waals surface area contributed by atoms with Crippen LogP contribution in [0, 0.1) is 34.0 Å². The maximum atomic E-state index is 12.6. The Hall–Kier alpha value is -3.17. The van der Waals surface area contributed by atoms with E-state index in [9.17, 15) is 15.3 Å². The van der Waals surface area contributed by atoms with Gasteiger partial charge in [-0.1, -0.05) is 19.8 Å². The lowest BCUT2D eigenvalue weighted by molar-refractivity contribution is 0.0245. The van der Waals surface area contributed by atoms with E-state index in [1.165, 1.54) is 5.69 Å². The van der Waals surface area contributed by atoms with Crippen LogP contribution < -0.4 is 0 Å². The molecule has 0 saturated carbocycles. The second kappa shape index (κ2) is 12.3. The van der Waals surface area contributed by atoms with Crippen molar-refractivity contribution in [1.29, 1.82) is 10.5 Å². The fraction of sp³-hybridized carbons (Fsp3) is 0.700. The fourth-order valence-electron chi connectivity index (χ4n) is 5.99. The molecule has 1 amide bonds. The van der Waals surface area contributed by atoms with Crippen LogP contribution in [0.15, 0.2) is 12.3 Å². The van der Waals surface area contributed by atoms with Gasteiger partial charge in [-0.2, -0.15) is 10.5 Å². The molecule has 1 unspecified atom stereocenters. The topological polar surface area (TPSA) is 111 Å². The van der Waals surface area contributed by atoms with Crippen molar-refractivity contribution in [3.8, 4) is 12.1 Å². The molecular weight excluding hydrogens is 490 g/mol. The van der Waals surface area contributed by atoms with E-state index >= 15 is 0 Å². The van der Waals surface area contributed by atoms with Gasteiger partial charge in [-0.05, 0) is 83.9 Å². The summed E-state index contributed by atoms with van der Waals surface area (Å²) in [6, 6.07) is 6.70. The second-order valence-electron chi connectivity index (χ2n) is 12.4. The molecule has 39 heavy (non-hydrogen) atoms. The number of likely N-dealkylation sites (tertiary alicyclic amines) is 2. The summed E-state index contributed by atoms with van der Waals surface area (Å²) in [7, 11) is 0. The number of unbranched alkanes of at least 4 members (excludes halogenated alkanes) is 1. The lowest BCUT2D eigenvalue weighted by atomic mass is 9.78. The van der Waals surface area contributed by atoms with Crippen molar-refractivity contribution in [3.63, 3.8) is 0 Å². The number of hydrogen-bond donors (Lipinski definition) is 0. The molecule has 2 aromatic rings. The van der Waals surface area contributed by atoms with Crippen molar-refractivity contribution in [3.05, 3.63) is 23.8 Å². The van der Waals surface area contributed by atoms with Gasteiger partial charge in [0.05, 0.1) is 6.07 Å². The fourth-order valence-corrected chi connectivity index (χ4v) is 5.99. The number of aromatic nitrogens is 3. The predicted octanol–water partition coefficient (Wildman–Crippen LogP) is 5.64. The number of fused-ring (bicyclic) bond motifs is 1. The van der Waals surface area contributed by atoms with E-state index in [1.54, 1.807) is 6.20 Å². The molecule has 9 heteroatoms. The number of nitriles is 2. The summed E-state index contributed by atoms with van der Waals surface area (Å²) in [4.78, 5) is 25.7. The zero-order valence-corrected chi connectivity index (χ0v) is 24.1. The van der Waals surface area contributed by atoms with E-state index in [0.717, 1.165) is 102 Å². The molecule has 1 atom stereocenters. The van der Waals surface area contributed by atoms with Crippen LogP contribution in [-0.2, 0) is 17.8 Å². The van der Waals surface area contributed by atoms with Crippen LogP contribution in [-0.4, -0.2) is 62.2 Å². The van der Waals surface area contributed by atoms with E-state index in [2.05, 4.69) is 44.6 Å². The van der Waals surface area contributed by atoms with E-state index in [4.69, 9.17) is 4.74 Å². The van der Waals surface area contributed by atoms with Gasteiger partial charge in [0, 0.05) is 49.4 Å². The minimum Gasteiger partial charge on any atom is -0.444 e. The van der Waals surface area contributed by atoms with Crippen LogP contribution in [0.25, 0.3) is 11.0 Å². The molecule has 0 bridgehead atoms. The third-order valence-corrected chi connectivity index (χ3v) is 8.24. The first-order valence-electron chi connectivity index (χ1n) is 14.5. The summed E-state index contributed by atoms with van der Waals surface area (Å²) in [6.45, 7) is 13.0. The average molecular weight is 534 g/mol. The summed E-state index contributed by atoms with van der Waals surface area (Å²) >= 11 is 0. The molecular formula is C30H43N7O2. The monoisotopic (exact) mass is 533 g/mol. The molecule has 4 heterocycles. The zero-order valence-electron chi connectivity index (χ0n) is 24.1. The number of piperidine rings is 1. The van der Waals surface area contributed by atoms with Gasteiger partial charge >= 0.3 is 6.09 Å². The third-order valence-electron chi connectivity index (χ3n) is 8.24. The van der Waals surface area contributed by atoms with Gasteiger partial charge in [0.1, 0.15) is 17.3 Å². The van der Waals surface area contributed by atoms with Crippen LogP contribution in [0.2, 0.25) is 0 Å². The van der Waals surface area contributed by atoms with Crippen molar-refractivity contribution in [2.45, 2.75) is 97.8 Å². The number of rotatable bonds is 9. The van der Waals surface area contributed by atoms with Crippen LogP contribution in [0.1, 0.15) is 90.6 Å². The lowest BCUT2D eigenvalue weighted by Gasteiger charge is -2.39. The van der Waals surface area contributed by atoms with Gasteiger partial charge in [-0.3, -0.25) is 4.90 Å². The van der Waals surface area contributed by atoms with Crippen molar-refractivity contribution in [2.75, 3.05) is 26.2 Å². The molecule has 0 radical (unpaired) electrons. The van der Waals surface area contributed by atoms with Crippen molar-refractivity contribution in [2.24, 2.45) is 11.3 Å². The highest BCUT2D eigenvalue weighted by Gasteiger charge is 2.43. The Morgan fingerprint density at radius 1 is 1.15 bits per heavy atom. The number of amides is 1. The highest BCUT2D eigenvalue weighted by Crippen LogP contribution is 2.41. The number of hydrogen-bond acceptors (Lipinski definition) is 7. The Bertz CT molecular complexity index is 1220. The molecule has 2 fully saturated rings. The molecule has 2 aliphatic heterocycles. The number of ether oxygens (including phenoxy) is 1. The van der Waals surface area contributed by atoms with Crippen LogP contribution in [0.4, 0.5) is 4.79 Å². The van der Waals surface area contributed by atoms with E-state index in [0.29, 0.717) is 0 Å². The molecule has 4 rings (SSSR count). The Labute approximate surface area is 232 Å². The van der Waals surface area contributed by atoms with Crippen molar-refractivity contribution in [1.82, 2.24) is 24.3 Å². The highest BCUT2D eigenvalue weighted by atomic mass is 16.6. The Balaban J connectivity index is 1.41. The van der Waals surface area contributed by atoms with E-state index < -0.39 is 5.60 Å². The van der Waals surface area contributed by atoms with E-state index in [-0.39, 0.29) is 23.3 Å². The molecule has 9 nitrogen and oxygen atoms in total. The van der Waals surface area contributed by atoms with Gasteiger partial charge in [0.25, 0.3) is 0 Å². The quantitative estimate of drug-likeness (QED) is 0.410. The third kappa shape index (κ3) is 7.28. The number of carbonyl (C=O) groups excluding carboxylic acids is 1. The van der Waals surface area contributed by atoms with Crippen molar-refractivity contribution < 1.29 is 9.53 Å². The molecule has 0 aromatic carbocycles. The van der Waals surface area contributed by atoms with E-state index in [1.807, 2.05) is 25.7 Å². The SMILES string of the molecule is CCCCC(C#N)CCCn1c(CN2CCC3(CC2)CCN(C(=O)OC(C)(C)C)C3)cc2cnc(C#N)nc21. The van der Waals surface area contributed by atoms with Crippen LogP contribution in [0.5, 0.6) is 0 Å². The highest BCUT2D eigenvalue weighted by molar-refractivity contribution is 5.77. The second-order valence-corrected chi connectivity index (χ2v) is 12.4. The Morgan fingerprint density at radius 3 is 2.54 bits per heavy atom. The predicted molar refractivity (Wildman–Crippen MR) is 149 cm³/mol. The first-order chi connectivity index (χ1) is 18.6. The van der Waals surface area contributed by atoms with Gasteiger partial charge < -0.3 is 14.2 Å². The van der Waals surface area contributed by atoms with Crippen molar-refractivity contribution >= 4 is 17.1 Å². The summed E-state index contributed by atoms with van der Waals surface area (Å²) in [5, 5.41) is 19.9. The van der Waals surface area contributed by atoms with Crippen LogP contribution in [0.3, 0.4) is 0 Å².